The Labute approximate surface area is 135 Å². The van der Waals surface area contributed by atoms with E-state index in [1.54, 1.807) is 23.6 Å². The SMILES string of the molecule is Cn1/c(=N\N=C/c2cccc(Cl)c2Cl)sc2ccccc21. The fourth-order valence-corrected chi connectivity index (χ4v) is 3.27. The normalized spacial score (nSPS) is 12.6. The quantitative estimate of drug-likeness (QED) is 0.488. The van der Waals surface area contributed by atoms with Crippen LogP contribution in [-0.4, -0.2) is 10.8 Å². The van der Waals surface area contributed by atoms with Crippen molar-refractivity contribution in [3.8, 4) is 0 Å². The van der Waals surface area contributed by atoms with E-state index in [0.29, 0.717) is 10.0 Å². The molecule has 0 unspecified atom stereocenters. The number of hydrogen-bond acceptors (Lipinski definition) is 3. The van der Waals surface area contributed by atoms with Crippen LogP contribution >= 0.6 is 34.5 Å². The number of hydrogen-bond donors (Lipinski definition) is 0. The molecule has 0 spiro atoms. The lowest BCUT2D eigenvalue weighted by Crippen LogP contribution is -2.08. The van der Waals surface area contributed by atoms with Crippen molar-refractivity contribution in [2.75, 3.05) is 0 Å². The van der Waals surface area contributed by atoms with E-state index in [1.165, 1.54) is 4.70 Å². The molecule has 0 aliphatic heterocycles. The van der Waals surface area contributed by atoms with Gasteiger partial charge in [0.25, 0.3) is 0 Å². The second-order valence-corrected chi connectivity index (χ2v) is 6.19. The molecule has 21 heavy (non-hydrogen) atoms. The molecule has 3 nitrogen and oxygen atoms in total. The summed E-state index contributed by atoms with van der Waals surface area (Å²) >= 11 is 13.7. The maximum atomic E-state index is 6.10. The Kier molecular flexibility index (Phi) is 4.10. The molecular weight excluding hydrogens is 325 g/mol. The van der Waals surface area contributed by atoms with E-state index in [0.717, 1.165) is 15.9 Å². The number of para-hydroxylation sites is 1. The molecule has 0 bridgehead atoms. The van der Waals surface area contributed by atoms with Crippen molar-refractivity contribution >= 4 is 51.0 Å². The number of fused-ring (bicyclic) bond motifs is 1. The number of benzene rings is 2. The van der Waals surface area contributed by atoms with Gasteiger partial charge >= 0.3 is 0 Å². The summed E-state index contributed by atoms with van der Waals surface area (Å²) in [4.78, 5) is 0.825. The third-order valence-corrected chi connectivity index (χ3v) is 4.97. The summed E-state index contributed by atoms with van der Waals surface area (Å²) in [6, 6.07) is 13.6. The van der Waals surface area contributed by atoms with Crippen LogP contribution in [0.5, 0.6) is 0 Å². The zero-order valence-corrected chi connectivity index (χ0v) is 13.5. The zero-order chi connectivity index (χ0) is 14.8. The molecule has 3 rings (SSSR count). The highest BCUT2D eigenvalue weighted by molar-refractivity contribution is 7.16. The molecule has 0 atom stereocenters. The van der Waals surface area contributed by atoms with Crippen LogP contribution in [0.2, 0.25) is 10.0 Å². The number of aromatic nitrogens is 1. The number of nitrogens with zero attached hydrogens (tertiary/aromatic N) is 3. The minimum atomic E-state index is 0.485. The summed E-state index contributed by atoms with van der Waals surface area (Å²) in [6.07, 6.45) is 1.61. The van der Waals surface area contributed by atoms with Crippen LogP contribution in [0.25, 0.3) is 10.2 Å². The van der Waals surface area contributed by atoms with Crippen LogP contribution in [0.1, 0.15) is 5.56 Å². The Morgan fingerprint density at radius 3 is 2.71 bits per heavy atom. The van der Waals surface area contributed by atoms with E-state index < -0.39 is 0 Å². The number of rotatable bonds is 2. The highest BCUT2D eigenvalue weighted by Gasteiger charge is 2.02. The molecule has 0 fully saturated rings. The first-order valence-electron chi connectivity index (χ1n) is 6.22. The van der Waals surface area contributed by atoms with E-state index in [4.69, 9.17) is 23.2 Å². The van der Waals surface area contributed by atoms with Gasteiger partial charge in [-0.2, -0.15) is 5.10 Å². The molecule has 0 aliphatic rings. The van der Waals surface area contributed by atoms with Gasteiger partial charge in [-0.05, 0) is 18.2 Å². The number of halogens is 2. The van der Waals surface area contributed by atoms with Gasteiger partial charge in [-0.3, -0.25) is 0 Å². The predicted octanol–water partition coefficient (Wildman–Crippen LogP) is 4.48. The van der Waals surface area contributed by atoms with E-state index in [-0.39, 0.29) is 0 Å². The Balaban J connectivity index is 1.99. The molecule has 2 aromatic carbocycles. The minimum absolute atomic E-state index is 0.485. The molecule has 106 valence electrons. The molecular formula is C15H11Cl2N3S. The average molecular weight is 336 g/mol. The lowest BCUT2D eigenvalue weighted by atomic mass is 10.2. The van der Waals surface area contributed by atoms with Gasteiger partial charge < -0.3 is 4.57 Å². The average Bonchev–Trinajstić information content (AvgIpc) is 2.81. The van der Waals surface area contributed by atoms with Gasteiger partial charge in [0.05, 0.1) is 26.5 Å². The van der Waals surface area contributed by atoms with Gasteiger partial charge in [-0.15, -0.1) is 5.10 Å². The topological polar surface area (TPSA) is 29.6 Å². The summed E-state index contributed by atoms with van der Waals surface area (Å²) in [7, 11) is 1.97. The van der Waals surface area contributed by atoms with Gasteiger partial charge in [-0.1, -0.05) is 58.8 Å². The van der Waals surface area contributed by atoms with Crippen molar-refractivity contribution in [2.24, 2.45) is 17.3 Å². The van der Waals surface area contributed by atoms with E-state index in [1.807, 2.05) is 35.9 Å². The molecule has 0 N–H and O–H groups in total. The third kappa shape index (κ3) is 2.88. The summed E-state index contributed by atoms with van der Waals surface area (Å²) in [5.41, 5.74) is 1.88. The third-order valence-electron chi connectivity index (χ3n) is 3.04. The van der Waals surface area contributed by atoms with Crippen LogP contribution in [0.15, 0.2) is 52.7 Å². The molecule has 0 radical (unpaired) electrons. The van der Waals surface area contributed by atoms with Gasteiger partial charge in [0.15, 0.2) is 0 Å². The maximum Gasteiger partial charge on any atom is 0.211 e. The lowest BCUT2D eigenvalue weighted by Gasteiger charge is -1.97. The molecule has 0 amide bonds. The number of thiazole rings is 1. The molecule has 1 heterocycles. The molecule has 6 heteroatoms. The Hall–Kier alpha value is -1.62. The molecule has 1 aromatic heterocycles. The van der Waals surface area contributed by atoms with E-state index in [2.05, 4.69) is 22.3 Å². The molecule has 0 saturated heterocycles. The van der Waals surface area contributed by atoms with Crippen molar-refractivity contribution < 1.29 is 0 Å². The Bertz CT molecular complexity index is 893. The van der Waals surface area contributed by atoms with Gasteiger partial charge in [0.2, 0.25) is 4.80 Å². The number of aryl methyl sites for hydroxylation is 1. The van der Waals surface area contributed by atoms with E-state index >= 15 is 0 Å². The zero-order valence-electron chi connectivity index (χ0n) is 11.1. The predicted molar refractivity (Wildman–Crippen MR) is 90.4 cm³/mol. The van der Waals surface area contributed by atoms with Crippen LogP contribution in [0.3, 0.4) is 0 Å². The molecule has 0 saturated carbocycles. The van der Waals surface area contributed by atoms with Crippen molar-refractivity contribution in [3.63, 3.8) is 0 Å². The second kappa shape index (κ2) is 6.02. The summed E-state index contributed by atoms with van der Waals surface area (Å²) < 4.78 is 3.19. The summed E-state index contributed by atoms with van der Waals surface area (Å²) in [5, 5.41) is 9.37. The highest BCUT2D eigenvalue weighted by atomic mass is 35.5. The van der Waals surface area contributed by atoms with Crippen molar-refractivity contribution in [1.29, 1.82) is 0 Å². The smallest absolute Gasteiger partial charge is 0.211 e. The minimum Gasteiger partial charge on any atom is -0.318 e. The fraction of sp³-hybridized carbons (Fsp3) is 0.0667. The monoisotopic (exact) mass is 335 g/mol. The highest BCUT2D eigenvalue weighted by Crippen LogP contribution is 2.24. The second-order valence-electron chi connectivity index (χ2n) is 4.40. The van der Waals surface area contributed by atoms with Crippen molar-refractivity contribution in [1.82, 2.24) is 4.57 Å². The fourth-order valence-electron chi connectivity index (χ4n) is 1.94. The van der Waals surface area contributed by atoms with Crippen LogP contribution in [0.4, 0.5) is 0 Å². The van der Waals surface area contributed by atoms with Gasteiger partial charge in [0, 0.05) is 12.6 Å². The largest absolute Gasteiger partial charge is 0.318 e. The van der Waals surface area contributed by atoms with Crippen LogP contribution < -0.4 is 4.80 Å². The Morgan fingerprint density at radius 1 is 1.10 bits per heavy atom. The van der Waals surface area contributed by atoms with Gasteiger partial charge in [-0.25, -0.2) is 0 Å². The first-order valence-corrected chi connectivity index (χ1v) is 7.79. The molecule has 0 aliphatic carbocycles. The lowest BCUT2D eigenvalue weighted by molar-refractivity contribution is 0.889. The Morgan fingerprint density at radius 2 is 1.90 bits per heavy atom. The van der Waals surface area contributed by atoms with Crippen LogP contribution in [0, 0.1) is 0 Å². The maximum absolute atomic E-state index is 6.10. The van der Waals surface area contributed by atoms with Crippen molar-refractivity contribution in [2.45, 2.75) is 0 Å². The first-order chi connectivity index (χ1) is 10.2. The van der Waals surface area contributed by atoms with Crippen LogP contribution in [-0.2, 0) is 7.05 Å². The standard InChI is InChI=1S/C15H11Cl2N3S/c1-20-12-7-2-3-8-13(12)21-15(20)19-18-9-10-5-4-6-11(16)14(10)17/h2-9H,1H3/b18-9-,19-15+. The summed E-state index contributed by atoms with van der Waals surface area (Å²) in [5.74, 6) is 0. The molecule has 3 aromatic rings. The first kappa shape index (κ1) is 14.3. The van der Waals surface area contributed by atoms with Crippen molar-refractivity contribution in [3.05, 3.63) is 62.9 Å². The summed E-state index contributed by atoms with van der Waals surface area (Å²) in [6.45, 7) is 0. The van der Waals surface area contributed by atoms with Gasteiger partial charge in [0.1, 0.15) is 0 Å². The van der Waals surface area contributed by atoms with E-state index in [9.17, 15) is 0 Å².